The fraction of sp³-hybridized carbons (Fsp3) is 0.250. The molecule has 9 heteroatoms. The number of nitrogens with zero attached hydrogens (tertiary/aromatic N) is 1. The Hall–Kier alpha value is -3.20. The molecule has 0 spiro atoms. The zero-order valence-electron chi connectivity index (χ0n) is 12.9. The molecule has 1 saturated heterocycles. The van der Waals surface area contributed by atoms with Gasteiger partial charge >= 0.3 is 17.8 Å². The molecule has 1 N–H and O–H groups in total. The number of benzene rings is 1. The van der Waals surface area contributed by atoms with Gasteiger partial charge in [-0.3, -0.25) is 9.59 Å². The molecular formula is C16H14N2O7. The Morgan fingerprint density at radius 2 is 2.00 bits per heavy atom. The molecule has 1 fully saturated rings. The van der Waals surface area contributed by atoms with Crippen molar-refractivity contribution in [3.8, 4) is 0 Å². The van der Waals surface area contributed by atoms with Crippen molar-refractivity contribution in [1.82, 2.24) is 10.5 Å². The molecular weight excluding hydrogens is 332 g/mol. The van der Waals surface area contributed by atoms with Crippen LogP contribution in [0.2, 0.25) is 0 Å². The number of esters is 1. The van der Waals surface area contributed by atoms with Crippen molar-refractivity contribution in [3.05, 3.63) is 48.0 Å². The standard InChI is InChI=1S/C16H14N2O7/c19-13(8-10-4-2-1-3-5-10)17-11-9-23-18(15(11)21)25-16(22)12-6-7-14(20)24-12/h1-7,11-12H,8-9H2,(H,17,19)/t11-,12?/m1/s1. The summed E-state index contributed by atoms with van der Waals surface area (Å²) in [6.07, 6.45) is 1.15. The lowest BCUT2D eigenvalue weighted by atomic mass is 10.1. The lowest BCUT2D eigenvalue weighted by molar-refractivity contribution is -0.305. The van der Waals surface area contributed by atoms with Crippen molar-refractivity contribution in [2.24, 2.45) is 0 Å². The highest BCUT2D eigenvalue weighted by atomic mass is 17.0. The fourth-order valence-corrected chi connectivity index (χ4v) is 2.24. The Labute approximate surface area is 142 Å². The second-order valence-electron chi connectivity index (χ2n) is 5.30. The number of carbonyl (C=O) groups is 4. The first-order chi connectivity index (χ1) is 12.0. The molecule has 3 rings (SSSR count). The maximum atomic E-state index is 12.1. The van der Waals surface area contributed by atoms with E-state index in [0.29, 0.717) is 5.23 Å². The molecule has 0 saturated carbocycles. The van der Waals surface area contributed by atoms with E-state index in [2.05, 4.69) is 10.1 Å². The van der Waals surface area contributed by atoms with Crippen molar-refractivity contribution in [1.29, 1.82) is 0 Å². The Morgan fingerprint density at radius 1 is 1.24 bits per heavy atom. The molecule has 1 aromatic rings. The van der Waals surface area contributed by atoms with Gasteiger partial charge < -0.3 is 14.9 Å². The molecule has 0 aromatic heterocycles. The molecule has 25 heavy (non-hydrogen) atoms. The third kappa shape index (κ3) is 4.01. The largest absolute Gasteiger partial charge is 0.443 e. The Balaban J connectivity index is 1.50. The van der Waals surface area contributed by atoms with E-state index < -0.39 is 30.0 Å². The van der Waals surface area contributed by atoms with Gasteiger partial charge in [-0.25, -0.2) is 14.4 Å². The summed E-state index contributed by atoms with van der Waals surface area (Å²) in [5.74, 6) is -2.76. The van der Waals surface area contributed by atoms with E-state index in [4.69, 9.17) is 9.68 Å². The van der Waals surface area contributed by atoms with E-state index in [1.807, 2.05) is 6.07 Å². The van der Waals surface area contributed by atoms with Crippen molar-refractivity contribution in [2.45, 2.75) is 18.6 Å². The van der Waals surface area contributed by atoms with Crippen LogP contribution in [0, 0.1) is 0 Å². The molecule has 9 nitrogen and oxygen atoms in total. The van der Waals surface area contributed by atoms with Crippen molar-refractivity contribution in [3.63, 3.8) is 0 Å². The van der Waals surface area contributed by atoms with E-state index in [9.17, 15) is 19.2 Å². The van der Waals surface area contributed by atoms with E-state index in [1.165, 1.54) is 6.08 Å². The third-order valence-electron chi connectivity index (χ3n) is 3.43. The number of amides is 2. The van der Waals surface area contributed by atoms with Gasteiger partial charge in [-0.05, 0) is 16.9 Å². The quantitative estimate of drug-likeness (QED) is 0.711. The van der Waals surface area contributed by atoms with Gasteiger partial charge in [-0.1, -0.05) is 30.3 Å². The highest BCUT2D eigenvalue weighted by Gasteiger charge is 2.39. The summed E-state index contributed by atoms with van der Waals surface area (Å²) in [4.78, 5) is 56.4. The highest BCUT2D eigenvalue weighted by molar-refractivity contribution is 5.92. The summed E-state index contributed by atoms with van der Waals surface area (Å²) in [5, 5.41) is 2.90. The first-order valence-electron chi connectivity index (χ1n) is 7.44. The van der Waals surface area contributed by atoms with E-state index in [1.54, 1.807) is 24.3 Å². The summed E-state index contributed by atoms with van der Waals surface area (Å²) < 4.78 is 4.64. The van der Waals surface area contributed by atoms with Crippen LogP contribution in [-0.4, -0.2) is 47.7 Å². The lowest BCUT2D eigenvalue weighted by Gasteiger charge is -2.15. The fourth-order valence-electron chi connectivity index (χ4n) is 2.24. The van der Waals surface area contributed by atoms with Crippen LogP contribution in [0.25, 0.3) is 0 Å². The van der Waals surface area contributed by atoms with E-state index >= 15 is 0 Å². The van der Waals surface area contributed by atoms with Crippen LogP contribution in [0.3, 0.4) is 0 Å². The minimum absolute atomic E-state index is 0.104. The molecule has 2 atom stereocenters. The maximum Gasteiger partial charge on any atom is 0.379 e. The Morgan fingerprint density at radius 3 is 2.68 bits per heavy atom. The molecule has 2 heterocycles. The topological polar surface area (TPSA) is 111 Å². The van der Waals surface area contributed by atoms with Crippen LogP contribution < -0.4 is 5.32 Å². The zero-order chi connectivity index (χ0) is 17.8. The van der Waals surface area contributed by atoms with Crippen LogP contribution >= 0.6 is 0 Å². The minimum atomic E-state index is -1.23. The normalized spacial score (nSPS) is 22.0. The summed E-state index contributed by atoms with van der Waals surface area (Å²) in [6.45, 7) is -0.174. The molecule has 1 aromatic carbocycles. The van der Waals surface area contributed by atoms with Crippen LogP contribution in [0.15, 0.2) is 42.5 Å². The molecule has 2 aliphatic heterocycles. The van der Waals surface area contributed by atoms with Crippen molar-refractivity contribution >= 4 is 23.8 Å². The van der Waals surface area contributed by atoms with Crippen LogP contribution in [0.1, 0.15) is 5.56 Å². The molecule has 1 unspecified atom stereocenters. The molecule has 0 bridgehead atoms. The monoisotopic (exact) mass is 346 g/mol. The number of nitrogens with one attached hydrogen (secondary N) is 1. The molecule has 0 radical (unpaired) electrons. The second-order valence-corrected chi connectivity index (χ2v) is 5.30. The average Bonchev–Trinajstić information content (AvgIpc) is 3.16. The molecule has 2 aliphatic rings. The van der Waals surface area contributed by atoms with Gasteiger partial charge in [0, 0.05) is 6.08 Å². The second kappa shape index (κ2) is 7.14. The number of hydrogen-bond acceptors (Lipinski definition) is 7. The van der Waals surface area contributed by atoms with Gasteiger partial charge in [-0.2, -0.15) is 0 Å². The SMILES string of the molecule is O=C(Cc1ccccc1)N[C@@H]1CON(OC(=O)C2C=CC(=O)O2)C1=O. The van der Waals surface area contributed by atoms with Gasteiger partial charge in [0.1, 0.15) is 12.6 Å². The zero-order valence-corrected chi connectivity index (χ0v) is 12.9. The number of ether oxygens (including phenoxy) is 1. The summed E-state index contributed by atoms with van der Waals surface area (Å²) in [6, 6.07) is 8.05. The van der Waals surface area contributed by atoms with Gasteiger partial charge in [0.15, 0.2) is 0 Å². The van der Waals surface area contributed by atoms with Crippen molar-refractivity contribution < 1.29 is 33.6 Å². The van der Waals surface area contributed by atoms with Gasteiger partial charge in [-0.15, -0.1) is 0 Å². The van der Waals surface area contributed by atoms with Gasteiger partial charge in [0.2, 0.25) is 12.0 Å². The number of hydrogen-bond donors (Lipinski definition) is 1. The summed E-state index contributed by atoms with van der Waals surface area (Å²) in [5.41, 5.74) is 0.796. The smallest absolute Gasteiger partial charge is 0.379 e. The molecule has 2 amide bonds. The van der Waals surface area contributed by atoms with Crippen LogP contribution in [-0.2, 0) is 40.0 Å². The maximum absolute atomic E-state index is 12.1. The predicted molar refractivity (Wildman–Crippen MR) is 80.0 cm³/mol. The Bertz CT molecular complexity index is 731. The average molecular weight is 346 g/mol. The third-order valence-corrected chi connectivity index (χ3v) is 3.43. The highest BCUT2D eigenvalue weighted by Crippen LogP contribution is 2.13. The van der Waals surface area contributed by atoms with Crippen molar-refractivity contribution in [2.75, 3.05) is 6.61 Å². The van der Waals surface area contributed by atoms with E-state index in [-0.39, 0.29) is 18.9 Å². The van der Waals surface area contributed by atoms with Crippen LogP contribution in [0.4, 0.5) is 0 Å². The van der Waals surface area contributed by atoms with Crippen LogP contribution in [0.5, 0.6) is 0 Å². The molecule has 0 aliphatic carbocycles. The van der Waals surface area contributed by atoms with Gasteiger partial charge in [0.05, 0.1) is 6.42 Å². The summed E-state index contributed by atoms with van der Waals surface area (Å²) >= 11 is 0. The Kier molecular flexibility index (Phi) is 4.75. The number of cyclic esters (lactones) is 1. The first kappa shape index (κ1) is 16.7. The van der Waals surface area contributed by atoms with Gasteiger partial charge in [0.25, 0.3) is 0 Å². The number of rotatable bonds is 5. The van der Waals surface area contributed by atoms with E-state index in [0.717, 1.165) is 11.6 Å². The summed E-state index contributed by atoms with van der Waals surface area (Å²) in [7, 11) is 0. The number of hydroxylamine groups is 2. The first-order valence-corrected chi connectivity index (χ1v) is 7.44. The predicted octanol–water partition coefficient (Wildman–Crippen LogP) is -0.573. The minimum Gasteiger partial charge on any atom is -0.443 e. The lowest BCUT2D eigenvalue weighted by Crippen LogP contribution is -2.44. The number of carbonyl (C=O) groups excluding carboxylic acids is 4. The molecule has 130 valence electrons.